The van der Waals surface area contributed by atoms with Crippen molar-refractivity contribution in [1.29, 1.82) is 0 Å². The lowest BCUT2D eigenvalue weighted by Gasteiger charge is -2.17. The van der Waals surface area contributed by atoms with Crippen molar-refractivity contribution in [1.82, 2.24) is 10.2 Å². The van der Waals surface area contributed by atoms with Crippen molar-refractivity contribution in [3.63, 3.8) is 0 Å². The third kappa shape index (κ3) is 4.28. The number of carbonyl (C=O) groups excluding carboxylic acids is 2. The normalized spacial score (nSPS) is 18.4. The molecule has 1 aromatic carbocycles. The first-order chi connectivity index (χ1) is 9.95. The molecule has 114 valence electrons. The van der Waals surface area contributed by atoms with Gasteiger partial charge in [0, 0.05) is 25.4 Å². The van der Waals surface area contributed by atoms with Gasteiger partial charge in [-0.3, -0.25) is 9.59 Å². The van der Waals surface area contributed by atoms with Crippen molar-refractivity contribution in [2.45, 2.75) is 32.7 Å². The summed E-state index contributed by atoms with van der Waals surface area (Å²) in [5.74, 6) is -0.291. The molecule has 1 N–H and O–H groups in total. The van der Waals surface area contributed by atoms with Gasteiger partial charge in [0.15, 0.2) is 0 Å². The maximum absolute atomic E-state index is 12.8. The lowest BCUT2D eigenvalue weighted by molar-refractivity contribution is -0.127. The number of amides is 2. The molecule has 0 aliphatic carbocycles. The summed E-state index contributed by atoms with van der Waals surface area (Å²) in [5, 5.41) is 2.89. The highest BCUT2D eigenvalue weighted by Crippen LogP contribution is 2.13. The number of benzene rings is 1. The minimum Gasteiger partial charge on any atom is -0.351 e. The van der Waals surface area contributed by atoms with Crippen LogP contribution in [0.25, 0.3) is 0 Å². The molecular weight excluding hydrogens is 271 g/mol. The summed E-state index contributed by atoms with van der Waals surface area (Å²) >= 11 is 0. The zero-order chi connectivity index (χ0) is 15.4. The molecule has 0 bridgehead atoms. The van der Waals surface area contributed by atoms with Gasteiger partial charge in [-0.1, -0.05) is 26.0 Å². The number of likely N-dealkylation sites (tertiary alicyclic amines) is 1. The van der Waals surface area contributed by atoms with Crippen LogP contribution in [0.15, 0.2) is 24.3 Å². The van der Waals surface area contributed by atoms with Gasteiger partial charge in [-0.05, 0) is 24.1 Å². The van der Waals surface area contributed by atoms with Crippen LogP contribution in [0, 0.1) is 11.7 Å². The summed E-state index contributed by atoms with van der Waals surface area (Å²) in [4.78, 5) is 25.3. The molecule has 0 aromatic heterocycles. The van der Waals surface area contributed by atoms with Crippen molar-refractivity contribution in [2.75, 3.05) is 13.1 Å². The number of nitrogens with one attached hydrogen (secondary N) is 1. The fourth-order valence-electron chi connectivity index (χ4n) is 2.37. The predicted molar refractivity (Wildman–Crippen MR) is 78.1 cm³/mol. The summed E-state index contributed by atoms with van der Waals surface area (Å²) in [5.41, 5.74) is 0.999. The van der Waals surface area contributed by atoms with Gasteiger partial charge in [-0.25, -0.2) is 4.39 Å². The van der Waals surface area contributed by atoms with Crippen LogP contribution in [0.1, 0.15) is 25.8 Å². The van der Waals surface area contributed by atoms with Crippen LogP contribution >= 0.6 is 0 Å². The molecule has 5 heteroatoms. The Labute approximate surface area is 124 Å². The second-order valence-corrected chi connectivity index (χ2v) is 5.78. The number of hydrogen-bond acceptors (Lipinski definition) is 2. The van der Waals surface area contributed by atoms with E-state index >= 15 is 0 Å². The average Bonchev–Trinajstić information content (AvgIpc) is 2.78. The maximum atomic E-state index is 12.8. The molecule has 1 saturated heterocycles. The minimum atomic E-state index is -0.257. The molecule has 1 atom stereocenters. The number of nitrogens with zero attached hydrogens (tertiary/aromatic N) is 1. The van der Waals surface area contributed by atoms with Crippen LogP contribution in [-0.4, -0.2) is 35.8 Å². The first kappa shape index (κ1) is 15.5. The van der Waals surface area contributed by atoms with Crippen molar-refractivity contribution in [2.24, 2.45) is 5.92 Å². The molecule has 0 unspecified atom stereocenters. The van der Waals surface area contributed by atoms with Crippen molar-refractivity contribution >= 4 is 11.8 Å². The highest BCUT2D eigenvalue weighted by Gasteiger charge is 2.30. The van der Waals surface area contributed by atoms with Crippen molar-refractivity contribution in [3.05, 3.63) is 35.6 Å². The Morgan fingerprint density at radius 2 is 2.05 bits per heavy atom. The van der Waals surface area contributed by atoms with E-state index in [9.17, 15) is 14.0 Å². The van der Waals surface area contributed by atoms with E-state index in [0.717, 1.165) is 5.56 Å². The van der Waals surface area contributed by atoms with E-state index in [2.05, 4.69) is 5.32 Å². The molecular formula is C16H21FN2O2. The second kappa shape index (κ2) is 6.70. The summed E-state index contributed by atoms with van der Waals surface area (Å²) in [6.45, 7) is 4.81. The van der Waals surface area contributed by atoms with E-state index in [1.807, 2.05) is 13.8 Å². The average molecular weight is 292 g/mol. The Kier molecular flexibility index (Phi) is 4.94. The van der Waals surface area contributed by atoms with E-state index < -0.39 is 0 Å². The zero-order valence-electron chi connectivity index (χ0n) is 12.4. The monoisotopic (exact) mass is 292 g/mol. The van der Waals surface area contributed by atoms with Gasteiger partial charge in [-0.15, -0.1) is 0 Å². The SMILES string of the molecule is CC(C)C(=O)N[C@@H]1CC(=O)N(CCc2ccc(F)cc2)C1. The summed E-state index contributed by atoms with van der Waals surface area (Å²) in [6, 6.07) is 6.21. The van der Waals surface area contributed by atoms with Gasteiger partial charge in [-0.2, -0.15) is 0 Å². The highest BCUT2D eigenvalue weighted by molar-refractivity contribution is 5.82. The Morgan fingerprint density at radius 3 is 2.67 bits per heavy atom. The van der Waals surface area contributed by atoms with Crippen molar-refractivity contribution in [3.8, 4) is 0 Å². The molecule has 1 aliphatic rings. The lowest BCUT2D eigenvalue weighted by atomic mass is 10.1. The molecule has 1 aliphatic heterocycles. The van der Waals surface area contributed by atoms with E-state index in [1.54, 1.807) is 17.0 Å². The number of carbonyl (C=O) groups is 2. The van der Waals surface area contributed by atoms with Crippen LogP contribution < -0.4 is 5.32 Å². The van der Waals surface area contributed by atoms with Crippen LogP contribution in [-0.2, 0) is 16.0 Å². The Bertz CT molecular complexity index is 514. The van der Waals surface area contributed by atoms with Crippen LogP contribution in [0.2, 0.25) is 0 Å². The Hall–Kier alpha value is -1.91. The first-order valence-electron chi connectivity index (χ1n) is 7.28. The zero-order valence-corrected chi connectivity index (χ0v) is 12.4. The van der Waals surface area contributed by atoms with Crippen LogP contribution in [0.3, 0.4) is 0 Å². The third-order valence-corrected chi connectivity index (χ3v) is 3.67. The van der Waals surface area contributed by atoms with E-state index in [1.165, 1.54) is 12.1 Å². The molecule has 21 heavy (non-hydrogen) atoms. The quantitative estimate of drug-likeness (QED) is 0.898. The van der Waals surface area contributed by atoms with Gasteiger partial charge < -0.3 is 10.2 Å². The summed E-state index contributed by atoms with van der Waals surface area (Å²) in [6.07, 6.45) is 1.05. The molecule has 0 saturated carbocycles. The maximum Gasteiger partial charge on any atom is 0.224 e. The van der Waals surface area contributed by atoms with Crippen molar-refractivity contribution < 1.29 is 14.0 Å². The minimum absolute atomic E-state index is 0.0202. The fourth-order valence-corrected chi connectivity index (χ4v) is 2.37. The molecule has 2 rings (SSSR count). The number of halogens is 1. The van der Waals surface area contributed by atoms with Crippen LogP contribution in [0.5, 0.6) is 0 Å². The lowest BCUT2D eigenvalue weighted by Crippen LogP contribution is -2.39. The van der Waals surface area contributed by atoms with Gasteiger partial charge in [0.05, 0.1) is 6.04 Å². The largest absolute Gasteiger partial charge is 0.351 e. The molecule has 4 nitrogen and oxygen atoms in total. The van der Waals surface area contributed by atoms with E-state index in [-0.39, 0.29) is 29.6 Å². The molecule has 2 amide bonds. The summed E-state index contributed by atoms with van der Waals surface area (Å²) < 4.78 is 12.8. The highest BCUT2D eigenvalue weighted by atomic mass is 19.1. The predicted octanol–water partition coefficient (Wildman–Crippen LogP) is 1.74. The van der Waals surface area contributed by atoms with Gasteiger partial charge in [0.2, 0.25) is 11.8 Å². The standard InChI is InChI=1S/C16H21FN2O2/c1-11(2)16(21)18-14-9-15(20)19(10-14)8-7-12-3-5-13(17)6-4-12/h3-6,11,14H,7-10H2,1-2H3,(H,18,21)/t14-/m1/s1. The topological polar surface area (TPSA) is 49.4 Å². The smallest absolute Gasteiger partial charge is 0.224 e. The molecule has 1 aromatic rings. The fraction of sp³-hybridized carbons (Fsp3) is 0.500. The number of hydrogen-bond donors (Lipinski definition) is 1. The second-order valence-electron chi connectivity index (χ2n) is 5.78. The van der Waals surface area contributed by atoms with Crippen LogP contribution in [0.4, 0.5) is 4.39 Å². The number of rotatable bonds is 5. The van der Waals surface area contributed by atoms with Gasteiger partial charge >= 0.3 is 0 Å². The molecule has 1 fully saturated rings. The Morgan fingerprint density at radius 1 is 1.38 bits per heavy atom. The van der Waals surface area contributed by atoms with E-state index in [4.69, 9.17) is 0 Å². The van der Waals surface area contributed by atoms with E-state index in [0.29, 0.717) is 25.9 Å². The molecule has 0 radical (unpaired) electrons. The summed E-state index contributed by atoms with van der Waals surface area (Å²) in [7, 11) is 0. The Balaban J connectivity index is 1.83. The molecule has 1 heterocycles. The van der Waals surface area contributed by atoms with Gasteiger partial charge in [0.1, 0.15) is 5.82 Å². The molecule has 0 spiro atoms. The van der Waals surface area contributed by atoms with Gasteiger partial charge in [0.25, 0.3) is 0 Å². The first-order valence-corrected chi connectivity index (χ1v) is 7.28. The third-order valence-electron chi connectivity index (χ3n) is 3.67.